The van der Waals surface area contributed by atoms with Crippen LogP contribution in [0.25, 0.3) is 0 Å². The Morgan fingerprint density at radius 3 is 0.895 bits per heavy atom. The van der Waals surface area contributed by atoms with Gasteiger partial charge in [-0.05, 0) is 37.5 Å². The number of phosphoric acid groups is 2. The lowest BCUT2D eigenvalue weighted by atomic mass is 10.0. The van der Waals surface area contributed by atoms with Crippen LogP contribution in [-0.4, -0.2) is 96.7 Å². The summed E-state index contributed by atoms with van der Waals surface area (Å²) in [5.41, 5.74) is 0. The molecule has 0 fully saturated rings. The molecule has 0 heterocycles. The Labute approximate surface area is 460 Å². The molecule has 0 bridgehead atoms. The Kier molecular flexibility index (Phi) is 48.8. The Morgan fingerprint density at radius 1 is 0.355 bits per heavy atom. The van der Waals surface area contributed by atoms with Crippen molar-refractivity contribution in [3.8, 4) is 0 Å². The average Bonchev–Trinajstić information content (AvgIpc) is 3.37. The Balaban J connectivity index is 5.15. The van der Waals surface area contributed by atoms with Crippen molar-refractivity contribution in [2.24, 2.45) is 11.8 Å². The van der Waals surface area contributed by atoms with Crippen LogP contribution in [0.4, 0.5) is 0 Å². The highest BCUT2D eigenvalue weighted by molar-refractivity contribution is 7.47. The highest BCUT2D eigenvalue weighted by Gasteiger charge is 2.30. The van der Waals surface area contributed by atoms with E-state index in [2.05, 4.69) is 41.5 Å². The van der Waals surface area contributed by atoms with Gasteiger partial charge >= 0.3 is 39.5 Å². The summed E-state index contributed by atoms with van der Waals surface area (Å²) in [6, 6.07) is 0. The quantitative estimate of drug-likeness (QED) is 0.0222. The number of aliphatic hydroxyl groups is 1. The van der Waals surface area contributed by atoms with Crippen molar-refractivity contribution in [3.63, 3.8) is 0 Å². The van der Waals surface area contributed by atoms with Gasteiger partial charge in [-0.2, -0.15) is 0 Å². The third-order valence-electron chi connectivity index (χ3n) is 13.0. The van der Waals surface area contributed by atoms with E-state index in [9.17, 15) is 43.2 Å². The Morgan fingerprint density at radius 2 is 0.605 bits per heavy atom. The van der Waals surface area contributed by atoms with E-state index in [0.717, 1.165) is 121 Å². The molecule has 0 aromatic heterocycles. The van der Waals surface area contributed by atoms with Gasteiger partial charge in [0.05, 0.1) is 26.4 Å². The van der Waals surface area contributed by atoms with E-state index in [1.165, 1.54) is 64.2 Å². The van der Waals surface area contributed by atoms with E-state index in [4.69, 9.17) is 37.0 Å². The summed E-state index contributed by atoms with van der Waals surface area (Å²) in [4.78, 5) is 71.5. The molecule has 17 nitrogen and oxygen atoms in total. The van der Waals surface area contributed by atoms with E-state index in [-0.39, 0.29) is 25.7 Å². The van der Waals surface area contributed by atoms with Gasteiger partial charge in [0.25, 0.3) is 0 Å². The number of rotatable bonds is 56. The monoisotopic (exact) mass is 1130 g/mol. The minimum Gasteiger partial charge on any atom is -0.462 e. The van der Waals surface area contributed by atoms with Crippen LogP contribution in [0.5, 0.6) is 0 Å². The first-order chi connectivity index (χ1) is 36.4. The molecule has 0 aromatic carbocycles. The molecule has 0 aliphatic carbocycles. The topological polar surface area (TPSA) is 237 Å². The molecule has 0 aliphatic rings. The molecule has 5 atom stereocenters. The number of phosphoric ester groups is 2. The summed E-state index contributed by atoms with van der Waals surface area (Å²) in [5.74, 6) is -0.705. The van der Waals surface area contributed by atoms with Gasteiger partial charge in [0, 0.05) is 25.7 Å². The number of aliphatic hydroxyl groups excluding tert-OH is 1. The second kappa shape index (κ2) is 50.1. The molecule has 76 heavy (non-hydrogen) atoms. The summed E-state index contributed by atoms with van der Waals surface area (Å²) in [5, 5.41) is 10.5. The lowest BCUT2D eigenvalue weighted by Crippen LogP contribution is -2.30. The minimum atomic E-state index is -4.93. The van der Waals surface area contributed by atoms with Gasteiger partial charge in [0.2, 0.25) is 0 Å². The zero-order valence-electron chi connectivity index (χ0n) is 48.5. The van der Waals surface area contributed by atoms with E-state index in [1.54, 1.807) is 0 Å². The minimum absolute atomic E-state index is 0.102. The van der Waals surface area contributed by atoms with Gasteiger partial charge in [-0.15, -0.1) is 0 Å². The van der Waals surface area contributed by atoms with Crippen LogP contribution in [0.3, 0.4) is 0 Å². The van der Waals surface area contributed by atoms with E-state index >= 15 is 0 Å². The Bertz CT molecular complexity index is 1510. The molecule has 0 saturated carbocycles. The van der Waals surface area contributed by atoms with Crippen molar-refractivity contribution in [3.05, 3.63) is 0 Å². The standard InChI is InChI=1S/C57H110O17P2/c1-7-9-11-13-20-29-35-41-56(61)73-52(45-67-54(59)39-33-25-12-10-8-2)47-71-75(63,64)69-43-51(58)44-70-76(65,66)72-48-53(46-68-55(60)40-34-28-24-23-27-32-38-50(5)6)74-57(62)42-36-30-22-19-17-15-14-16-18-21-26-31-37-49(3)4/h49-53,58H,7-48H2,1-6H3,(H,63,64)(H,65,66)/t51-,52+,53+/m0/s1. The second-order valence-electron chi connectivity index (χ2n) is 21.6. The van der Waals surface area contributed by atoms with Crippen molar-refractivity contribution < 1.29 is 80.2 Å². The molecule has 2 unspecified atom stereocenters. The lowest BCUT2D eigenvalue weighted by molar-refractivity contribution is -0.161. The highest BCUT2D eigenvalue weighted by atomic mass is 31.2. The van der Waals surface area contributed by atoms with E-state index in [1.807, 2.05) is 0 Å². The number of ether oxygens (including phenoxy) is 4. The molecule has 0 radical (unpaired) electrons. The number of hydrogen-bond donors (Lipinski definition) is 3. The summed E-state index contributed by atoms with van der Waals surface area (Å²) < 4.78 is 67.4. The maximum Gasteiger partial charge on any atom is 0.472 e. The number of carbonyl (C=O) groups is 4. The first-order valence-corrected chi connectivity index (χ1v) is 33.0. The Hall–Kier alpha value is -1.94. The van der Waals surface area contributed by atoms with Crippen LogP contribution in [0.15, 0.2) is 0 Å². The first-order valence-electron chi connectivity index (χ1n) is 30.0. The van der Waals surface area contributed by atoms with Crippen LogP contribution in [0, 0.1) is 11.8 Å². The molecular formula is C57H110O17P2. The maximum atomic E-state index is 12.9. The molecule has 0 amide bonds. The molecule has 0 aromatic rings. The molecule has 0 rings (SSSR count). The van der Waals surface area contributed by atoms with Crippen molar-refractivity contribution in [2.75, 3.05) is 39.6 Å². The van der Waals surface area contributed by atoms with E-state index in [0.29, 0.717) is 31.6 Å². The van der Waals surface area contributed by atoms with Crippen molar-refractivity contribution in [2.45, 2.75) is 291 Å². The third kappa shape index (κ3) is 51.5. The van der Waals surface area contributed by atoms with Gasteiger partial charge in [0.1, 0.15) is 19.3 Å². The summed E-state index contributed by atoms with van der Waals surface area (Å²) >= 11 is 0. The highest BCUT2D eigenvalue weighted by Crippen LogP contribution is 2.45. The third-order valence-corrected chi connectivity index (χ3v) is 14.9. The zero-order chi connectivity index (χ0) is 56.6. The number of carbonyl (C=O) groups excluding carboxylic acids is 4. The van der Waals surface area contributed by atoms with Crippen molar-refractivity contribution in [1.29, 1.82) is 0 Å². The molecule has 450 valence electrons. The first kappa shape index (κ1) is 74.1. The predicted octanol–water partition coefficient (Wildman–Crippen LogP) is 14.9. The molecule has 0 saturated heterocycles. The summed E-state index contributed by atoms with van der Waals surface area (Å²) in [6.45, 7) is 9.23. The fourth-order valence-electron chi connectivity index (χ4n) is 8.29. The fraction of sp³-hybridized carbons (Fsp3) is 0.930. The normalized spacial score (nSPS) is 14.5. The summed E-state index contributed by atoms with van der Waals surface area (Å²) in [6.07, 6.45) is 30.0. The van der Waals surface area contributed by atoms with Gasteiger partial charge in [-0.1, -0.05) is 221 Å². The smallest absolute Gasteiger partial charge is 0.462 e. The van der Waals surface area contributed by atoms with Crippen LogP contribution >= 0.6 is 15.6 Å². The molecule has 0 spiro atoms. The van der Waals surface area contributed by atoms with Crippen LogP contribution in [0.1, 0.15) is 273 Å². The van der Waals surface area contributed by atoms with Crippen molar-refractivity contribution in [1.82, 2.24) is 0 Å². The van der Waals surface area contributed by atoms with Gasteiger partial charge in [0.15, 0.2) is 12.2 Å². The zero-order valence-corrected chi connectivity index (χ0v) is 50.3. The average molecular weight is 1130 g/mol. The van der Waals surface area contributed by atoms with Gasteiger partial charge in [-0.3, -0.25) is 37.3 Å². The maximum absolute atomic E-state index is 12.9. The predicted molar refractivity (Wildman–Crippen MR) is 298 cm³/mol. The van der Waals surface area contributed by atoms with Gasteiger partial charge < -0.3 is 33.8 Å². The number of unbranched alkanes of at least 4 members (excludes halogenated alkanes) is 26. The molecule has 3 N–H and O–H groups in total. The molecular weight excluding hydrogens is 1020 g/mol. The lowest BCUT2D eigenvalue weighted by Gasteiger charge is -2.21. The van der Waals surface area contributed by atoms with Crippen LogP contribution < -0.4 is 0 Å². The molecule has 19 heteroatoms. The largest absolute Gasteiger partial charge is 0.472 e. The van der Waals surface area contributed by atoms with Crippen molar-refractivity contribution >= 4 is 39.5 Å². The number of esters is 4. The second-order valence-corrected chi connectivity index (χ2v) is 24.5. The molecule has 0 aliphatic heterocycles. The summed E-state index contributed by atoms with van der Waals surface area (Å²) in [7, 11) is -9.86. The SMILES string of the molecule is CCCCCCCCCC(=O)O[C@H](COC(=O)CCCCCCC)COP(=O)(O)OC[C@H](O)COP(=O)(O)OC[C@@H](COC(=O)CCCCCCCCC(C)C)OC(=O)CCCCCCCCCCCCCCC(C)C. The fourth-order valence-corrected chi connectivity index (χ4v) is 9.87. The van der Waals surface area contributed by atoms with E-state index < -0.39 is 97.5 Å². The number of hydrogen-bond acceptors (Lipinski definition) is 15. The van der Waals surface area contributed by atoms with Crippen LogP contribution in [0.2, 0.25) is 0 Å². The van der Waals surface area contributed by atoms with Gasteiger partial charge in [-0.25, -0.2) is 9.13 Å². The van der Waals surface area contributed by atoms with Crippen LogP contribution in [-0.2, 0) is 65.4 Å².